The van der Waals surface area contributed by atoms with Crippen LogP contribution in [0.2, 0.25) is 0 Å². The zero-order valence-electron chi connectivity index (χ0n) is 14.1. The molecule has 3 heteroatoms. The first-order valence-electron chi connectivity index (χ1n) is 8.50. The molecule has 0 amide bonds. The van der Waals surface area contributed by atoms with E-state index in [2.05, 4.69) is 17.1 Å². The van der Waals surface area contributed by atoms with Gasteiger partial charge in [0.05, 0.1) is 5.56 Å². The van der Waals surface area contributed by atoms with Gasteiger partial charge in [-0.25, -0.2) is 0 Å². The minimum Gasteiger partial charge on any atom is -0.360 e. The predicted molar refractivity (Wildman–Crippen MR) is 104 cm³/mol. The third-order valence-corrected chi connectivity index (χ3v) is 4.48. The summed E-state index contributed by atoms with van der Waals surface area (Å²) in [4.78, 5) is 28.7. The number of benzene rings is 3. The first kappa shape index (κ1) is 16.0. The van der Waals surface area contributed by atoms with Crippen LogP contribution in [0, 0.1) is 0 Å². The van der Waals surface area contributed by atoms with Crippen molar-refractivity contribution in [3.8, 4) is 0 Å². The van der Waals surface area contributed by atoms with Crippen LogP contribution in [0.15, 0.2) is 89.9 Å². The number of nitrogens with one attached hydrogen (secondary N) is 1. The number of ketones is 1. The summed E-state index contributed by atoms with van der Waals surface area (Å²) in [5.41, 5.74) is 3.40. The third-order valence-electron chi connectivity index (χ3n) is 4.48. The van der Waals surface area contributed by atoms with Crippen LogP contribution in [0.5, 0.6) is 0 Å². The maximum absolute atomic E-state index is 12.9. The molecule has 0 fully saturated rings. The molecule has 0 atom stereocenters. The lowest BCUT2D eigenvalue weighted by atomic mass is 10.00. The summed E-state index contributed by atoms with van der Waals surface area (Å²) in [6, 6.07) is 24.7. The number of carbonyl (C=O) groups excluding carboxylic acids is 1. The molecule has 3 nitrogen and oxygen atoms in total. The molecule has 0 saturated carbocycles. The Balaban J connectivity index is 1.76. The maximum atomic E-state index is 12.9. The second-order valence-electron chi connectivity index (χ2n) is 6.27. The van der Waals surface area contributed by atoms with Crippen molar-refractivity contribution in [1.29, 1.82) is 0 Å². The summed E-state index contributed by atoms with van der Waals surface area (Å²) in [5, 5.41) is 0.542. The molecule has 126 valence electrons. The number of rotatable bonds is 4. The second kappa shape index (κ2) is 6.81. The van der Waals surface area contributed by atoms with E-state index in [0.29, 0.717) is 10.9 Å². The van der Waals surface area contributed by atoms with Gasteiger partial charge < -0.3 is 4.98 Å². The highest BCUT2D eigenvalue weighted by molar-refractivity contribution is 6.10. The highest BCUT2D eigenvalue weighted by Gasteiger charge is 2.15. The normalized spacial score (nSPS) is 10.8. The van der Waals surface area contributed by atoms with Gasteiger partial charge in [0.25, 0.3) is 0 Å². The highest BCUT2D eigenvalue weighted by Crippen LogP contribution is 2.16. The Morgan fingerprint density at radius 1 is 0.808 bits per heavy atom. The fourth-order valence-electron chi connectivity index (χ4n) is 3.12. The number of aromatic amines is 1. The van der Waals surface area contributed by atoms with Gasteiger partial charge in [-0.2, -0.15) is 0 Å². The molecular formula is C23H17NO2. The Hall–Kier alpha value is -3.46. The van der Waals surface area contributed by atoms with Gasteiger partial charge in [-0.3, -0.25) is 9.59 Å². The number of aromatic nitrogens is 1. The van der Waals surface area contributed by atoms with Crippen molar-refractivity contribution < 1.29 is 4.79 Å². The van der Waals surface area contributed by atoms with Crippen molar-refractivity contribution in [2.45, 2.75) is 6.42 Å². The van der Waals surface area contributed by atoms with Crippen molar-refractivity contribution in [1.82, 2.24) is 4.98 Å². The number of hydrogen-bond acceptors (Lipinski definition) is 2. The van der Waals surface area contributed by atoms with Gasteiger partial charge >= 0.3 is 0 Å². The van der Waals surface area contributed by atoms with Crippen LogP contribution in [0.4, 0.5) is 0 Å². The van der Waals surface area contributed by atoms with E-state index in [-0.39, 0.29) is 16.8 Å². The van der Waals surface area contributed by atoms with E-state index in [9.17, 15) is 9.59 Å². The molecule has 0 saturated heterocycles. The molecule has 1 heterocycles. The molecular weight excluding hydrogens is 322 g/mol. The molecule has 0 aliphatic carbocycles. The number of H-pyrrole nitrogens is 1. The average molecular weight is 339 g/mol. The van der Waals surface area contributed by atoms with E-state index in [1.807, 2.05) is 42.5 Å². The van der Waals surface area contributed by atoms with E-state index in [4.69, 9.17) is 0 Å². The van der Waals surface area contributed by atoms with E-state index in [1.165, 1.54) is 11.8 Å². The summed E-state index contributed by atoms with van der Waals surface area (Å²) >= 11 is 0. The first-order valence-corrected chi connectivity index (χ1v) is 8.50. The lowest BCUT2D eigenvalue weighted by Gasteiger charge is -2.06. The lowest BCUT2D eigenvalue weighted by Crippen LogP contribution is -2.16. The Labute approximate surface area is 150 Å². The van der Waals surface area contributed by atoms with Gasteiger partial charge in [0.15, 0.2) is 5.78 Å². The quantitative estimate of drug-likeness (QED) is 0.562. The highest BCUT2D eigenvalue weighted by atomic mass is 16.1. The van der Waals surface area contributed by atoms with Gasteiger partial charge in [-0.15, -0.1) is 0 Å². The summed E-state index contributed by atoms with van der Waals surface area (Å²) in [5.74, 6) is -0.262. The molecule has 0 spiro atoms. The largest absolute Gasteiger partial charge is 0.360 e. The molecule has 0 bridgehead atoms. The van der Waals surface area contributed by atoms with Gasteiger partial charge in [0.1, 0.15) is 0 Å². The minimum absolute atomic E-state index is 0.167. The number of carbonyl (C=O) groups is 1. The molecule has 0 unspecified atom stereocenters. The van der Waals surface area contributed by atoms with E-state index in [0.717, 1.165) is 17.5 Å². The number of fused-ring (bicyclic) bond motifs is 1. The Kier molecular flexibility index (Phi) is 4.20. The van der Waals surface area contributed by atoms with Crippen LogP contribution in [0.3, 0.4) is 0 Å². The Bertz CT molecular complexity index is 1130. The molecule has 3 aromatic carbocycles. The molecule has 0 radical (unpaired) electrons. The Morgan fingerprint density at radius 2 is 1.50 bits per heavy atom. The summed E-state index contributed by atoms with van der Waals surface area (Å²) < 4.78 is 0. The predicted octanol–water partition coefficient (Wildman–Crippen LogP) is 4.35. The van der Waals surface area contributed by atoms with Crippen molar-refractivity contribution in [3.63, 3.8) is 0 Å². The van der Waals surface area contributed by atoms with E-state index >= 15 is 0 Å². The second-order valence-corrected chi connectivity index (χ2v) is 6.27. The van der Waals surface area contributed by atoms with Crippen LogP contribution < -0.4 is 5.43 Å². The average Bonchev–Trinajstić information content (AvgIpc) is 2.70. The number of pyridine rings is 1. The van der Waals surface area contributed by atoms with Crippen LogP contribution in [-0.4, -0.2) is 10.8 Å². The summed E-state index contributed by atoms with van der Waals surface area (Å²) in [7, 11) is 0. The number of hydrogen-bond donors (Lipinski definition) is 1. The van der Waals surface area contributed by atoms with Crippen molar-refractivity contribution in [2.75, 3.05) is 0 Å². The van der Waals surface area contributed by atoms with Crippen molar-refractivity contribution in [3.05, 3.63) is 118 Å². The topological polar surface area (TPSA) is 49.9 Å². The van der Waals surface area contributed by atoms with Crippen LogP contribution in [0.1, 0.15) is 27.0 Å². The van der Waals surface area contributed by atoms with Gasteiger partial charge in [0, 0.05) is 22.7 Å². The molecule has 0 aliphatic heterocycles. The van der Waals surface area contributed by atoms with Crippen molar-refractivity contribution in [2.24, 2.45) is 0 Å². The first-order chi connectivity index (χ1) is 12.7. The molecule has 26 heavy (non-hydrogen) atoms. The zero-order valence-corrected chi connectivity index (χ0v) is 14.1. The van der Waals surface area contributed by atoms with Gasteiger partial charge in [-0.1, -0.05) is 66.7 Å². The monoisotopic (exact) mass is 339 g/mol. The van der Waals surface area contributed by atoms with Crippen LogP contribution in [-0.2, 0) is 6.42 Å². The maximum Gasteiger partial charge on any atom is 0.200 e. The van der Waals surface area contributed by atoms with Crippen LogP contribution >= 0.6 is 0 Å². The van der Waals surface area contributed by atoms with Gasteiger partial charge in [0.2, 0.25) is 5.43 Å². The molecule has 4 aromatic rings. The molecule has 0 aliphatic rings. The summed E-state index contributed by atoms with van der Waals surface area (Å²) in [6.07, 6.45) is 2.25. The SMILES string of the molecule is O=C(c1ccccc1)c1c[nH]c2ccc(Cc3ccccc3)cc2c1=O. The van der Waals surface area contributed by atoms with E-state index < -0.39 is 0 Å². The lowest BCUT2D eigenvalue weighted by molar-refractivity contribution is 0.103. The molecule has 1 aromatic heterocycles. The Morgan fingerprint density at radius 3 is 2.23 bits per heavy atom. The fraction of sp³-hybridized carbons (Fsp3) is 0.0435. The minimum atomic E-state index is -0.262. The third kappa shape index (κ3) is 3.07. The smallest absolute Gasteiger partial charge is 0.200 e. The van der Waals surface area contributed by atoms with E-state index in [1.54, 1.807) is 24.3 Å². The standard InChI is InChI=1S/C23H17NO2/c25-22(18-9-5-2-6-10-18)20-15-24-21-12-11-17(14-19(21)23(20)26)13-16-7-3-1-4-8-16/h1-12,14-15H,13H2,(H,24,26). The van der Waals surface area contributed by atoms with Crippen molar-refractivity contribution >= 4 is 16.7 Å². The summed E-state index contributed by atoms with van der Waals surface area (Å²) in [6.45, 7) is 0. The van der Waals surface area contributed by atoms with Gasteiger partial charge in [-0.05, 0) is 29.7 Å². The molecule has 4 rings (SSSR count). The zero-order chi connectivity index (χ0) is 17.9. The fourth-order valence-corrected chi connectivity index (χ4v) is 3.12. The van der Waals surface area contributed by atoms with Crippen LogP contribution in [0.25, 0.3) is 10.9 Å². The molecule has 1 N–H and O–H groups in total.